The Morgan fingerprint density at radius 3 is 1.72 bits per heavy atom. The molecule has 0 fully saturated rings. The Morgan fingerprint density at radius 2 is 1.28 bits per heavy atom. The molecule has 0 unspecified atom stereocenters. The molecule has 0 spiro atoms. The average molecular weight is 272 g/mol. The summed E-state index contributed by atoms with van der Waals surface area (Å²) in [5.74, 6) is 0. The molecule has 0 aliphatic carbocycles. The van der Waals surface area contributed by atoms with Crippen molar-refractivity contribution in [1.82, 2.24) is 0 Å². The molecule has 0 saturated heterocycles. The summed E-state index contributed by atoms with van der Waals surface area (Å²) >= 11 is 0. The highest BCUT2D eigenvalue weighted by molar-refractivity contribution is 6.74. The van der Waals surface area contributed by atoms with Crippen LogP contribution >= 0.6 is 0 Å². The molecule has 0 bridgehead atoms. The van der Waals surface area contributed by atoms with E-state index in [1.54, 1.807) is 0 Å². The minimum Gasteiger partial charge on any atom is -0.417 e. The SMILES string of the molecule is [CH2]CCCCCCCCCO[Si](C)(C)C(C)(C)C. The molecule has 0 aliphatic heterocycles. The molecule has 18 heavy (non-hydrogen) atoms. The minimum absolute atomic E-state index is 0.348. The normalized spacial score (nSPS) is 13.0. The summed E-state index contributed by atoms with van der Waals surface area (Å²) in [6.45, 7) is 16.4. The average Bonchev–Trinajstić information content (AvgIpc) is 2.25. The molecular formula is C16H35OSi. The Hall–Kier alpha value is 0.177. The standard InChI is InChI=1S/C16H35OSi/c1-7-8-9-10-11-12-13-14-15-17-18(5,6)16(2,3)4/h1,7-15H2,2-6H3. The molecule has 1 nitrogen and oxygen atoms in total. The van der Waals surface area contributed by atoms with Gasteiger partial charge in [-0.25, -0.2) is 0 Å². The van der Waals surface area contributed by atoms with Crippen LogP contribution in [0, 0.1) is 6.92 Å². The summed E-state index contributed by atoms with van der Waals surface area (Å²) in [6.07, 6.45) is 10.5. The van der Waals surface area contributed by atoms with E-state index in [0.717, 1.165) is 13.0 Å². The zero-order valence-corrected chi connectivity index (χ0v) is 14.5. The highest BCUT2D eigenvalue weighted by Gasteiger charge is 2.36. The van der Waals surface area contributed by atoms with E-state index in [1.807, 2.05) is 0 Å². The fourth-order valence-corrected chi connectivity index (χ4v) is 2.79. The van der Waals surface area contributed by atoms with Gasteiger partial charge < -0.3 is 4.43 Å². The smallest absolute Gasteiger partial charge is 0.191 e. The van der Waals surface area contributed by atoms with Gasteiger partial charge in [0.05, 0.1) is 0 Å². The van der Waals surface area contributed by atoms with E-state index in [9.17, 15) is 0 Å². The van der Waals surface area contributed by atoms with Crippen LogP contribution in [-0.2, 0) is 4.43 Å². The molecule has 109 valence electrons. The third-order valence-electron chi connectivity index (χ3n) is 4.16. The Bertz CT molecular complexity index is 194. The van der Waals surface area contributed by atoms with Gasteiger partial charge in [0.1, 0.15) is 0 Å². The van der Waals surface area contributed by atoms with Crippen molar-refractivity contribution in [1.29, 1.82) is 0 Å². The Morgan fingerprint density at radius 1 is 0.833 bits per heavy atom. The quantitative estimate of drug-likeness (QED) is 0.352. The fraction of sp³-hybridized carbons (Fsp3) is 0.938. The third-order valence-corrected chi connectivity index (χ3v) is 8.70. The van der Waals surface area contributed by atoms with Gasteiger partial charge in [-0.05, 0) is 24.6 Å². The summed E-state index contributed by atoms with van der Waals surface area (Å²) in [6, 6.07) is 0. The van der Waals surface area contributed by atoms with Crippen molar-refractivity contribution in [2.75, 3.05) is 6.61 Å². The van der Waals surface area contributed by atoms with Gasteiger partial charge >= 0.3 is 0 Å². The van der Waals surface area contributed by atoms with Gasteiger partial charge in [0, 0.05) is 6.61 Å². The molecule has 0 N–H and O–H groups in total. The Balaban J connectivity index is 3.41. The maximum absolute atomic E-state index is 6.17. The van der Waals surface area contributed by atoms with Gasteiger partial charge in [0.15, 0.2) is 8.32 Å². The van der Waals surface area contributed by atoms with Crippen molar-refractivity contribution in [3.8, 4) is 0 Å². The first-order valence-electron chi connectivity index (χ1n) is 7.74. The predicted octanol–water partition coefficient (Wildman–Crippen LogP) is 5.96. The third kappa shape index (κ3) is 8.31. The van der Waals surface area contributed by atoms with Crippen molar-refractivity contribution < 1.29 is 4.43 Å². The zero-order valence-electron chi connectivity index (χ0n) is 13.5. The first-order chi connectivity index (χ1) is 8.31. The van der Waals surface area contributed by atoms with Crippen LogP contribution in [-0.4, -0.2) is 14.9 Å². The van der Waals surface area contributed by atoms with Crippen LogP contribution in [0.2, 0.25) is 18.1 Å². The van der Waals surface area contributed by atoms with Crippen LogP contribution in [0.1, 0.15) is 72.1 Å². The second-order valence-electron chi connectivity index (χ2n) is 6.94. The van der Waals surface area contributed by atoms with E-state index in [4.69, 9.17) is 4.43 Å². The van der Waals surface area contributed by atoms with Gasteiger partial charge in [-0.3, -0.25) is 0 Å². The van der Waals surface area contributed by atoms with E-state index in [1.165, 1.54) is 44.9 Å². The maximum Gasteiger partial charge on any atom is 0.191 e. The van der Waals surface area contributed by atoms with Crippen LogP contribution in [0.15, 0.2) is 0 Å². The first-order valence-corrected chi connectivity index (χ1v) is 10.7. The van der Waals surface area contributed by atoms with Crippen molar-refractivity contribution in [3.05, 3.63) is 6.92 Å². The molecule has 0 aromatic heterocycles. The zero-order chi connectivity index (χ0) is 14.1. The largest absolute Gasteiger partial charge is 0.417 e. The molecule has 0 aromatic rings. The van der Waals surface area contributed by atoms with E-state index in [2.05, 4.69) is 40.8 Å². The van der Waals surface area contributed by atoms with Crippen LogP contribution < -0.4 is 0 Å². The second kappa shape index (κ2) is 9.14. The van der Waals surface area contributed by atoms with E-state index >= 15 is 0 Å². The molecule has 1 radical (unpaired) electrons. The molecule has 0 aliphatic rings. The van der Waals surface area contributed by atoms with Crippen LogP contribution in [0.4, 0.5) is 0 Å². The summed E-state index contributed by atoms with van der Waals surface area (Å²) in [5.41, 5.74) is 0. The molecule has 0 rings (SSSR count). The topological polar surface area (TPSA) is 9.23 Å². The van der Waals surface area contributed by atoms with E-state index in [-0.39, 0.29) is 0 Å². The number of rotatable bonds is 10. The molecule has 0 aromatic carbocycles. The highest BCUT2D eigenvalue weighted by Crippen LogP contribution is 2.36. The molecule has 0 atom stereocenters. The lowest BCUT2D eigenvalue weighted by molar-refractivity contribution is 0.277. The number of unbranched alkanes of at least 4 members (excludes halogenated alkanes) is 7. The molecule has 2 heteroatoms. The van der Waals surface area contributed by atoms with Crippen molar-refractivity contribution >= 4 is 8.32 Å². The monoisotopic (exact) mass is 271 g/mol. The van der Waals surface area contributed by atoms with Crippen LogP contribution in [0.5, 0.6) is 0 Å². The van der Waals surface area contributed by atoms with Crippen LogP contribution in [0.25, 0.3) is 0 Å². The number of hydrogen-bond donors (Lipinski definition) is 0. The van der Waals surface area contributed by atoms with Crippen molar-refractivity contribution in [2.24, 2.45) is 0 Å². The van der Waals surface area contributed by atoms with Gasteiger partial charge in [-0.1, -0.05) is 72.6 Å². The summed E-state index contributed by atoms with van der Waals surface area (Å²) in [4.78, 5) is 0. The first kappa shape index (κ1) is 18.2. The molecule has 0 amide bonds. The van der Waals surface area contributed by atoms with Gasteiger partial charge in [-0.2, -0.15) is 0 Å². The van der Waals surface area contributed by atoms with Gasteiger partial charge in [0.2, 0.25) is 0 Å². The van der Waals surface area contributed by atoms with Gasteiger partial charge in [0.25, 0.3) is 0 Å². The molecule has 0 heterocycles. The predicted molar refractivity (Wildman–Crippen MR) is 85.4 cm³/mol. The fourth-order valence-electron chi connectivity index (χ4n) is 1.71. The summed E-state index contributed by atoms with van der Waals surface area (Å²) in [7, 11) is -1.50. The maximum atomic E-state index is 6.17. The van der Waals surface area contributed by atoms with Crippen molar-refractivity contribution in [2.45, 2.75) is 90.3 Å². The van der Waals surface area contributed by atoms with E-state index in [0.29, 0.717) is 5.04 Å². The summed E-state index contributed by atoms with van der Waals surface area (Å²) < 4.78 is 6.17. The van der Waals surface area contributed by atoms with Crippen LogP contribution in [0.3, 0.4) is 0 Å². The highest BCUT2D eigenvalue weighted by atomic mass is 28.4. The summed E-state index contributed by atoms with van der Waals surface area (Å²) in [5, 5.41) is 0.348. The number of hydrogen-bond acceptors (Lipinski definition) is 1. The lowest BCUT2D eigenvalue weighted by Gasteiger charge is -2.36. The van der Waals surface area contributed by atoms with E-state index < -0.39 is 8.32 Å². The molecular weight excluding hydrogens is 236 g/mol. The second-order valence-corrected chi connectivity index (χ2v) is 11.7. The lowest BCUT2D eigenvalue weighted by atomic mass is 10.1. The molecule has 0 saturated carbocycles. The van der Waals surface area contributed by atoms with Crippen molar-refractivity contribution in [3.63, 3.8) is 0 Å². The van der Waals surface area contributed by atoms with Gasteiger partial charge in [-0.15, -0.1) is 0 Å². The Labute approximate surface area is 117 Å². The Kier molecular flexibility index (Phi) is 9.23. The minimum atomic E-state index is -1.50. The lowest BCUT2D eigenvalue weighted by Crippen LogP contribution is -2.40.